The molecule has 1 aromatic rings. The van der Waals surface area contributed by atoms with E-state index in [1.165, 1.54) is 7.11 Å². The predicted molar refractivity (Wildman–Crippen MR) is 67.3 cm³/mol. The van der Waals surface area contributed by atoms with E-state index in [1.54, 1.807) is 0 Å². The molecule has 0 aromatic heterocycles. The highest BCUT2D eigenvalue weighted by molar-refractivity contribution is 5.78. The van der Waals surface area contributed by atoms with Gasteiger partial charge in [0, 0.05) is 0 Å². The highest BCUT2D eigenvalue weighted by atomic mass is 16.5. The van der Waals surface area contributed by atoms with Gasteiger partial charge in [0.1, 0.15) is 5.75 Å². The predicted octanol–water partition coefficient (Wildman–Crippen LogP) is 3.14. The molecule has 0 saturated heterocycles. The van der Waals surface area contributed by atoms with Gasteiger partial charge in [-0.15, -0.1) is 0 Å². The van der Waals surface area contributed by atoms with Gasteiger partial charge in [-0.2, -0.15) is 0 Å². The van der Waals surface area contributed by atoms with E-state index in [1.807, 2.05) is 45.0 Å². The minimum absolute atomic E-state index is 0.156. The fourth-order valence-electron chi connectivity index (χ4n) is 1.73. The van der Waals surface area contributed by atoms with E-state index < -0.39 is 0 Å². The van der Waals surface area contributed by atoms with E-state index in [2.05, 4.69) is 0 Å². The van der Waals surface area contributed by atoms with E-state index in [4.69, 9.17) is 9.47 Å². The first-order valence-electron chi connectivity index (χ1n) is 5.93. The summed E-state index contributed by atoms with van der Waals surface area (Å²) in [5.74, 6) is 0.446. The van der Waals surface area contributed by atoms with Crippen molar-refractivity contribution in [3.8, 4) is 5.75 Å². The molecule has 0 aliphatic carbocycles. The van der Waals surface area contributed by atoms with Gasteiger partial charge in [0.05, 0.1) is 19.1 Å². The van der Waals surface area contributed by atoms with Crippen molar-refractivity contribution in [1.82, 2.24) is 0 Å². The lowest BCUT2D eigenvalue weighted by Gasteiger charge is -2.14. The normalized spacial score (nSPS) is 12.3. The molecule has 3 heteroatoms. The highest BCUT2D eigenvalue weighted by Gasteiger charge is 2.18. The van der Waals surface area contributed by atoms with E-state index in [-0.39, 0.29) is 18.0 Å². The Labute approximate surface area is 103 Å². The molecule has 0 aliphatic rings. The van der Waals surface area contributed by atoms with Crippen molar-refractivity contribution in [1.29, 1.82) is 0 Å². The van der Waals surface area contributed by atoms with Crippen molar-refractivity contribution >= 4 is 5.97 Å². The summed E-state index contributed by atoms with van der Waals surface area (Å²) in [6.45, 7) is 5.94. The molecule has 1 aromatic carbocycles. The van der Waals surface area contributed by atoms with Crippen LogP contribution in [0.2, 0.25) is 0 Å². The number of hydrogen-bond acceptors (Lipinski definition) is 3. The monoisotopic (exact) mass is 236 g/mol. The van der Waals surface area contributed by atoms with Crippen LogP contribution >= 0.6 is 0 Å². The Bertz CT molecular complexity index is 354. The smallest absolute Gasteiger partial charge is 0.313 e. The molecule has 0 fully saturated rings. The van der Waals surface area contributed by atoms with Gasteiger partial charge in [-0.25, -0.2) is 0 Å². The summed E-state index contributed by atoms with van der Waals surface area (Å²) in [7, 11) is 1.42. The van der Waals surface area contributed by atoms with Crippen LogP contribution in [0.5, 0.6) is 5.75 Å². The molecule has 1 atom stereocenters. The Morgan fingerprint density at radius 2 is 1.82 bits per heavy atom. The number of methoxy groups -OCH3 is 1. The molecule has 17 heavy (non-hydrogen) atoms. The van der Waals surface area contributed by atoms with Crippen molar-refractivity contribution < 1.29 is 14.3 Å². The number of carbonyl (C=O) groups is 1. The maximum Gasteiger partial charge on any atom is 0.313 e. The molecule has 94 valence electrons. The third-order valence-corrected chi connectivity index (χ3v) is 2.55. The molecular weight excluding hydrogens is 216 g/mol. The lowest BCUT2D eigenvalue weighted by atomic mass is 9.97. The van der Waals surface area contributed by atoms with Crippen LogP contribution in [0.25, 0.3) is 0 Å². The summed E-state index contributed by atoms with van der Waals surface area (Å²) in [5, 5.41) is 0. The number of benzene rings is 1. The SMILES string of the molecule is CCC(C(=O)OC)c1ccc(OC(C)C)cc1. The topological polar surface area (TPSA) is 35.5 Å². The van der Waals surface area contributed by atoms with Gasteiger partial charge in [0.15, 0.2) is 0 Å². The van der Waals surface area contributed by atoms with Crippen LogP contribution in [-0.2, 0) is 9.53 Å². The molecule has 0 radical (unpaired) electrons. The summed E-state index contributed by atoms with van der Waals surface area (Å²) < 4.78 is 10.3. The van der Waals surface area contributed by atoms with Crippen molar-refractivity contribution in [2.45, 2.75) is 39.2 Å². The van der Waals surface area contributed by atoms with Crippen LogP contribution in [0.15, 0.2) is 24.3 Å². The molecular formula is C14H20O3. The van der Waals surface area contributed by atoms with Crippen molar-refractivity contribution in [3.05, 3.63) is 29.8 Å². The van der Waals surface area contributed by atoms with Crippen molar-refractivity contribution in [3.63, 3.8) is 0 Å². The molecule has 0 heterocycles. The molecule has 1 rings (SSSR count). The van der Waals surface area contributed by atoms with Gasteiger partial charge in [-0.1, -0.05) is 19.1 Å². The molecule has 3 nitrogen and oxygen atoms in total. The third kappa shape index (κ3) is 3.77. The van der Waals surface area contributed by atoms with Crippen LogP contribution in [0.4, 0.5) is 0 Å². The number of rotatable bonds is 5. The van der Waals surface area contributed by atoms with Gasteiger partial charge < -0.3 is 9.47 Å². The zero-order chi connectivity index (χ0) is 12.8. The molecule has 0 N–H and O–H groups in total. The standard InChI is InChI=1S/C14H20O3/c1-5-13(14(15)16-4)11-6-8-12(9-7-11)17-10(2)3/h6-10,13H,5H2,1-4H3. The van der Waals surface area contributed by atoms with Crippen LogP contribution in [0.1, 0.15) is 38.7 Å². The summed E-state index contributed by atoms with van der Waals surface area (Å²) in [6.07, 6.45) is 0.889. The summed E-state index contributed by atoms with van der Waals surface area (Å²) in [4.78, 5) is 11.6. The van der Waals surface area contributed by atoms with Crippen LogP contribution in [0.3, 0.4) is 0 Å². The van der Waals surface area contributed by atoms with Gasteiger partial charge >= 0.3 is 5.97 Å². The van der Waals surface area contributed by atoms with E-state index in [9.17, 15) is 4.79 Å². The lowest BCUT2D eigenvalue weighted by Crippen LogP contribution is -2.13. The Hall–Kier alpha value is -1.51. The number of esters is 1. The highest BCUT2D eigenvalue weighted by Crippen LogP contribution is 2.23. The van der Waals surface area contributed by atoms with Crippen LogP contribution in [-0.4, -0.2) is 19.2 Å². The van der Waals surface area contributed by atoms with Gasteiger partial charge in [-0.05, 0) is 38.0 Å². The quantitative estimate of drug-likeness (QED) is 0.737. The molecule has 0 bridgehead atoms. The first-order valence-corrected chi connectivity index (χ1v) is 5.93. The maximum atomic E-state index is 11.6. The Morgan fingerprint density at radius 3 is 2.24 bits per heavy atom. The minimum Gasteiger partial charge on any atom is -0.491 e. The molecule has 0 saturated carbocycles. The van der Waals surface area contributed by atoms with Crippen LogP contribution in [0, 0.1) is 0 Å². The second-order valence-electron chi connectivity index (χ2n) is 4.22. The second-order valence-corrected chi connectivity index (χ2v) is 4.22. The van der Waals surface area contributed by atoms with E-state index in [0.717, 1.165) is 17.7 Å². The summed E-state index contributed by atoms with van der Waals surface area (Å²) in [5.41, 5.74) is 0.968. The molecule has 0 amide bonds. The average Bonchev–Trinajstić information content (AvgIpc) is 2.31. The lowest BCUT2D eigenvalue weighted by molar-refractivity contribution is -0.142. The van der Waals surface area contributed by atoms with Crippen molar-refractivity contribution in [2.75, 3.05) is 7.11 Å². The van der Waals surface area contributed by atoms with E-state index >= 15 is 0 Å². The first-order chi connectivity index (χ1) is 8.08. The minimum atomic E-state index is -0.190. The largest absolute Gasteiger partial charge is 0.491 e. The summed E-state index contributed by atoms with van der Waals surface area (Å²) >= 11 is 0. The molecule has 0 spiro atoms. The zero-order valence-electron chi connectivity index (χ0n) is 10.9. The fourth-order valence-corrected chi connectivity index (χ4v) is 1.73. The Kier molecular flexibility index (Phi) is 5.01. The first kappa shape index (κ1) is 13.6. The van der Waals surface area contributed by atoms with Crippen molar-refractivity contribution in [2.24, 2.45) is 0 Å². The number of hydrogen-bond donors (Lipinski definition) is 0. The second kappa shape index (κ2) is 6.28. The Balaban J connectivity index is 2.81. The molecule has 1 unspecified atom stereocenters. The van der Waals surface area contributed by atoms with Gasteiger partial charge in [-0.3, -0.25) is 4.79 Å². The Morgan fingerprint density at radius 1 is 1.24 bits per heavy atom. The van der Waals surface area contributed by atoms with Gasteiger partial charge in [0.2, 0.25) is 0 Å². The number of carbonyl (C=O) groups excluding carboxylic acids is 1. The number of ether oxygens (including phenoxy) is 2. The summed E-state index contributed by atoms with van der Waals surface area (Å²) in [6, 6.07) is 7.62. The third-order valence-electron chi connectivity index (χ3n) is 2.55. The fraction of sp³-hybridized carbons (Fsp3) is 0.500. The van der Waals surface area contributed by atoms with E-state index in [0.29, 0.717) is 0 Å². The van der Waals surface area contributed by atoms with Crippen LogP contribution < -0.4 is 4.74 Å². The molecule has 0 aliphatic heterocycles. The average molecular weight is 236 g/mol. The van der Waals surface area contributed by atoms with Gasteiger partial charge in [0.25, 0.3) is 0 Å². The zero-order valence-corrected chi connectivity index (χ0v) is 10.9. The maximum absolute atomic E-state index is 11.6.